The fourth-order valence-electron chi connectivity index (χ4n) is 3.02. The number of carbonyl (C=O) groups excluding carboxylic acids is 1. The van der Waals surface area contributed by atoms with Gasteiger partial charge in [0.2, 0.25) is 17.7 Å². The van der Waals surface area contributed by atoms with Crippen LogP contribution in [0.4, 0.5) is 16.3 Å². The van der Waals surface area contributed by atoms with Gasteiger partial charge in [-0.1, -0.05) is 0 Å². The molecule has 0 spiro atoms. The molecule has 0 aliphatic carbocycles. The number of likely N-dealkylation sites (tertiary alicyclic amines) is 1. The zero-order chi connectivity index (χ0) is 19.6. The lowest BCUT2D eigenvalue weighted by Gasteiger charge is -2.24. The normalized spacial score (nSPS) is 19.2. The Hall–Kier alpha value is -2.95. The Morgan fingerprint density at radius 2 is 2.11 bits per heavy atom. The molecule has 11 heteroatoms. The smallest absolute Gasteiger partial charge is 0.322 e. The molecule has 3 rings (SSSR count). The Bertz CT molecular complexity index is 810. The van der Waals surface area contributed by atoms with Crippen molar-refractivity contribution in [3.8, 4) is 5.88 Å². The predicted molar refractivity (Wildman–Crippen MR) is 95.8 cm³/mol. The molecule has 3 heterocycles. The van der Waals surface area contributed by atoms with Crippen LogP contribution >= 0.6 is 0 Å². The molecule has 11 nitrogen and oxygen atoms in total. The number of aryl methyl sites for hydroxylation is 1. The Kier molecular flexibility index (Phi) is 5.40. The number of aromatic nitrogens is 4. The molecule has 1 N–H and O–H groups in total. The molecular formula is C16H23N7O4. The lowest BCUT2D eigenvalue weighted by atomic mass is 10.2. The van der Waals surface area contributed by atoms with Gasteiger partial charge in [0.15, 0.2) is 5.82 Å². The van der Waals surface area contributed by atoms with Crippen molar-refractivity contribution in [2.45, 2.75) is 25.5 Å². The number of hydrogen-bond donors (Lipinski definition) is 1. The van der Waals surface area contributed by atoms with Gasteiger partial charge in [-0.3, -0.25) is 5.32 Å². The van der Waals surface area contributed by atoms with Crippen molar-refractivity contribution >= 4 is 17.5 Å². The topological polar surface area (TPSA) is 119 Å². The number of hydrogen-bond acceptors (Lipinski definition) is 9. The van der Waals surface area contributed by atoms with Crippen molar-refractivity contribution in [1.82, 2.24) is 25.1 Å². The SMILES string of the molecule is COc1ncnc(N(C)C)c1NC(=O)N1C[C@@H](OC)C[C@@H]1c1nnc(C)o1. The quantitative estimate of drug-likeness (QED) is 0.820. The second kappa shape index (κ2) is 7.74. The Morgan fingerprint density at radius 1 is 1.33 bits per heavy atom. The van der Waals surface area contributed by atoms with Gasteiger partial charge in [0, 0.05) is 41.1 Å². The number of rotatable bonds is 5. The van der Waals surface area contributed by atoms with E-state index >= 15 is 0 Å². The third kappa shape index (κ3) is 3.77. The van der Waals surface area contributed by atoms with Crippen molar-refractivity contribution in [3.63, 3.8) is 0 Å². The molecule has 1 saturated heterocycles. The molecule has 0 radical (unpaired) electrons. The predicted octanol–water partition coefficient (Wildman–Crippen LogP) is 1.24. The van der Waals surface area contributed by atoms with Crippen molar-refractivity contribution in [2.75, 3.05) is 45.1 Å². The number of carbonyl (C=O) groups is 1. The lowest BCUT2D eigenvalue weighted by molar-refractivity contribution is 0.111. The number of amides is 2. The Balaban J connectivity index is 1.88. The number of nitrogens with one attached hydrogen (secondary N) is 1. The molecule has 2 atom stereocenters. The molecule has 27 heavy (non-hydrogen) atoms. The standard InChI is InChI=1S/C16H23N7O4/c1-9-20-21-14(27-9)11-6-10(25-4)7-23(11)16(24)19-12-13(22(2)3)17-8-18-15(12)26-5/h8,10-11H,6-7H2,1-5H3,(H,19,24)/t10-,11+/m0/s1. The second-order valence-corrected chi connectivity index (χ2v) is 6.33. The first kappa shape index (κ1) is 18.8. The van der Waals surface area contributed by atoms with Gasteiger partial charge in [0.25, 0.3) is 0 Å². The zero-order valence-corrected chi connectivity index (χ0v) is 16.0. The molecular weight excluding hydrogens is 354 g/mol. The van der Waals surface area contributed by atoms with Crippen LogP contribution in [0.2, 0.25) is 0 Å². The van der Waals surface area contributed by atoms with Crippen molar-refractivity contribution < 1.29 is 18.7 Å². The largest absolute Gasteiger partial charge is 0.479 e. The Morgan fingerprint density at radius 3 is 2.70 bits per heavy atom. The maximum Gasteiger partial charge on any atom is 0.322 e. The van der Waals surface area contributed by atoms with Crippen LogP contribution in [0.5, 0.6) is 5.88 Å². The maximum absolute atomic E-state index is 13.0. The second-order valence-electron chi connectivity index (χ2n) is 6.33. The van der Waals surface area contributed by atoms with Crippen LogP contribution in [0, 0.1) is 6.92 Å². The summed E-state index contributed by atoms with van der Waals surface area (Å²) < 4.78 is 16.3. The van der Waals surface area contributed by atoms with E-state index in [-0.39, 0.29) is 24.1 Å². The van der Waals surface area contributed by atoms with Crippen LogP contribution in [-0.2, 0) is 4.74 Å². The van der Waals surface area contributed by atoms with E-state index in [4.69, 9.17) is 13.9 Å². The van der Waals surface area contributed by atoms with Gasteiger partial charge in [0.1, 0.15) is 18.1 Å². The van der Waals surface area contributed by atoms with Gasteiger partial charge in [0.05, 0.1) is 13.2 Å². The van der Waals surface area contributed by atoms with Gasteiger partial charge in [-0.15, -0.1) is 10.2 Å². The summed E-state index contributed by atoms with van der Waals surface area (Å²) >= 11 is 0. The molecule has 0 bridgehead atoms. The van der Waals surface area contributed by atoms with Gasteiger partial charge in [-0.25, -0.2) is 9.78 Å². The van der Waals surface area contributed by atoms with E-state index < -0.39 is 0 Å². The highest BCUT2D eigenvalue weighted by atomic mass is 16.5. The number of urea groups is 1. The van der Waals surface area contributed by atoms with Gasteiger partial charge in [-0.2, -0.15) is 4.98 Å². The molecule has 146 valence electrons. The minimum atomic E-state index is -0.380. The average Bonchev–Trinajstić information content (AvgIpc) is 3.27. The fourth-order valence-corrected chi connectivity index (χ4v) is 3.02. The third-order valence-electron chi connectivity index (χ3n) is 4.32. The van der Waals surface area contributed by atoms with Crippen molar-refractivity contribution in [3.05, 3.63) is 18.1 Å². The van der Waals surface area contributed by atoms with Crippen molar-refractivity contribution in [1.29, 1.82) is 0 Å². The van der Waals surface area contributed by atoms with Crippen LogP contribution in [-0.4, -0.2) is 72.1 Å². The van der Waals surface area contributed by atoms with Crippen LogP contribution in [0.15, 0.2) is 10.7 Å². The number of anilines is 2. The number of methoxy groups -OCH3 is 2. The molecule has 2 aromatic rings. The van der Waals surface area contributed by atoms with E-state index in [1.54, 1.807) is 23.8 Å². The Labute approximate surface area is 156 Å². The molecule has 2 amide bonds. The molecule has 0 saturated carbocycles. The summed E-state index contributed by atoms with van der Waals surface area (Å²) in [7, 11) is 6.73. The van der Waals surface area contributed by atoms with E-state index in [0.717, 1.165) is 0 Å². The van der Waals surface area contributed by atoms with E-state index in [1.807, 2.05) is 14.1 Å². The highest BCUT2D eigenvalue weighted by Crippen LogP contribution is 2.35. The first-order valence-electron chi connectivity index (χ1n) is 8.41. The van der Waals surface area contributed by atoms with Crippen LogP contribution in [0.1, 0.15) is 24.2 Å². The van der Waals surface area contributed by atoms with E-state index in [0.29, 0.717) is 36.3 Å². The van der Waals surface area contributed by atoms with Crippen molar-refractivity contribution in [2.24, 2.45) is 0 Å². The summed E-state index contributed by atoms with van der Waals surface area (Å²) in [6, 6.07) is -0.735. The first-order valence-corrected chi connectivity index (χ1v) is 8.41. The zero-order valence-electron chi connectivity index (χ0n) is 16.0. The fraction of sp³-hybridized carbons (Fsp3) is 0.562. The van der Waals surface area contributed by atoms with E-state index in [1.165, 1.54) is 13.4 Å². The molecule has 2 aromatic heterocycles. The van der Waals surface area contributed by atoms with Gasteiger partial charge >= 0.3 is 6.03 Å². The molecule has 0 aromatic carbocycles. The molecule has 0 unspecified atom stereocenters. The molecule has 1 aliphatic heterocycles. The summed E-state index contributed by atoms with van der Waals surface area (Å²) in [6.45, 7) is 2.10. The highest BCUT2D eigenvalue weighted by molar-refractivity contribution is 5.94. The van der Waals surface area contributed by atoms with Gasteiger partial charge in [-0.05, 0) is 0 Å². The number of ether oxygens (including phenoxy) is 2. The highest BCUT2D eigenvalue weighted by Gasteiger charge is 2.40. The molecule has 1 aliphatic rings. The summed E-state index contributed by atoms with van der Waals surface area (Å²) in [4.78, 5) is 24.7. The average molecular weight is 377 g/mol. The maximum atomic E-state index is 13.0. The van der Waals surface area contributed by atoms with Gasteiger partial charge < -0.3 is 23.7 Å². The summed E-state index contributed by atoms with van der Waals surface area (Å²) in [5.74, 6) is 1.63. The van der Waals surface area contributed by atoms with Crippen LogP contribution in [0.3, 0.4) is 0 Å². The lowest BCUT2D eigenvalue weighted by Crippen LogP contribution is -2.36. The summed E-state index contributed by atoms with van der Waals surface area (Å²) in [5, 5.41) is 10.8. The minimum Gasteiger partial charge on any atom is -0.479 e. The van der Waals surface area contributed by atoms with Crippen LogP contribution in [0.25, 0.3) is 0 Å². The third-order valence-corrected chi connectivity index (χ3v) is 4.32. The summed E-state index contributed by atoms with van der Waals surface area (Å²) in [5.41, 5.74) is 0.385. The minimum absolute atomic E-state index is 0.129. The molecule has 1 fully saturated rings. The first-order chi connectivity index (χ1) is 12.9. The number of nitrogens with zero attached hydrogens (tertiary/aromatic N) is 6. The summed E-state index contributed by atoms with van der Waals surface area (Å²) in [6.07, 6.45) is 1.81. The van der Waals surface area contributed by atoms with E-state index in [2.05, 4.69) is 25.5 Å². The van der Waals surface area contributed by atoms with Crippen LogP contribution < -0.4 is 15.0 Å². The van der Waals surface area contributed by atoms with E-state index in [9.17, 15) is 4.79 Å². The monoisotopic (exact) mass is 377 g/mol.